The lowest BCUT2D eigenvalue weighted by atomic mass is 10.2. The smallest absolute Gasteiger partial charge is 0.413 e. The standard InChI is InChI=1S/C17H21N3O5S/c1-4-25-17(23)19-14(21)10-26-16-18-13-8-6-5-7-12(13)15(22)20(16)11(2)9-24-3/h5-8,11H,4,9-10H2,1-3H3,(H,19,21,23)/t11-/m1/s1. The van der Waals surface area contributed by atoms with E-state index < -0.39 is 12.0 Å². The molecule has 1 N–H and O–H groups in total. The molecular weight excluding hydrogens is 358 g/mol. The third-order valence-corrected chi connectivity index (χ3v) is 4.43. The quantitative estimate of drug-likeness (QED) is 0.580. The summed E-state index contributed by atoms with van der Waals surface area (Å²) in [6.07, 6.45) is -0.797. The number of rotatable bonds is 7. The maximum atomic E-state index is 12.9. The van der Waals surface area contributed by atoms with Gasteiger partial charge >= 0.3 is 6.09 Å². The van der Waals surface area contributed by atoms with Gasteiger partial charge in [-0.1, -0.05) is 23.9 Å². The number of carbonyl (C=O) groups is 2. The number of hydrogen-bond donors (Lipinski definition) is 1. The van der Waals surface area contributed by atoms with E-state index in [0.29, 0.717) is 22.7 Å². The number of alkyl carbamates (subject to hydrolysis) is 1. The van der Waals surface area contributed by atoms with Crippen LogP contribution < -0.4 is 10.9 Å². The molecule has 0 bridgehead atoms. The van der Waals surface area contributed by atoms with Gasteiger partial charge in [0.05, 0.1) is 35.9 Å². The van der Waals surface area contributed by atoms with Crippen LogP contribution in [0.25, 0.3) is 10.9 Å². The van der Waals surface area contributed by atoms with Crippen LogP contribution in [0.2, 0.25) is 0 Å². The Labute approximate surface area is 154 Å². The molecule has 2 amide bonds. The number of hydrogen-bond acceptors (Lipinski definition) is 7. The van der Waals surface area contributed by atoms with Gasteiger partial charge in [-0.25, -0.2) is 9.78 Å². The fraction of sp³-hybridized carbons (Fsp3) is 0.412. The Morgan fingerprint density at radius 3 is 2.77 bits per heavy atom. The van der Waals surface area contributed by atoms with E-state index in [1.54, 1.807) is 38.3 Å². The van der Waals surface area contributed by atoms with Crippen LogP contribution in [0.1, 0.15) is 19.9 Å². The first-order chi connectivity index (χ1) is 12.5. The maximum Gasteiger partial charge on any atom is 0.413 e. The van der Waals surface area contributed by atoms with Gasteiger partial charge in [0.2, 0.25) is 5.91 Å². The van der Waals surface area contributed by atoms with Crippen LogP contribution in [-0.4, -0.2) is 47.6 Å². The van der Waals surface area contributed by atoms with Gasteiger partial charge in [-0.2, -0.15) is 0 Å². The highest BCUT2D eigenvalue weighted by Crippen LogP contribution is 2.21. The average Bonchev–Trinajstić information content (AvgIpc) is 2.60. The van der Waals surface area contributed by atoms with Crippen molar-refractivity contribution in [2.24, 2.45) is 0 Å². The van der Waals surface area contributed by atoms with E-state index >= 15 is 0 Å². The summed E-state index contributed by atoms with van der Waals surface area (Å²) in [5.41, 5.74) is 0.347. The Morgan fingerprint density at radius 1 is 1.35 bits per heavy atom. The van der Waals surface area contributed by atoms with Crippen LogP contribution >= 0.6 is 11.8 Å². The second-order valence-corrected chi connectivity index (χ2v) is 6.39. The Morgan fingerprint density at radius 2 is 2.08 bits per heavy atom. The van der Waals surface area contributed by atoms with Crippen molar-refractivity contribution in [3.8, 4) is 0 Å². The number of amides is 2. The number of carbonyl (C=O) groups excluding carboxylic acids is 2. The molecule has 140 valence electrons. The molecule has 0 saturated carbocycles. The van der Waals surface area contributed by atoms with Crippen LogP contribution in [0, 0.1) is 0 Å². The monoisotopic (exact) mass is 379 g/mol. The van der Waals surface area contributed by atoms with Crippen molar-refractivity contribution < 1.29 is 19.1 Å². The van der Waals surface area contributed by atoms with Crippen LogP contribution in [0.5, 0.6) is 0 Å². The number of methoxy groups -OCH3 is 1. The second-order valence-electron chi connectivity index (χ2n) is 5.45. The van der Waals surface area contributed by atoms with E-state index in [-0.39, 0.29) is 24.0 Å². The summed E-state index contributed by atoms with van der Waals surface area (Å²) in [6.45, 7) is 3.98. The highest BCUT2D eigenvalue weighted by Gasteiger charge is 2.18. The molecule has 1 atom stereocenters. The molecule has 0 aliphatic rings. The van der Waals surface area contributed by atoms with Gasteiger partial charge in [-0.15, -0.1) is 0 Å². The minimum Gasteiger partial charge on any atom is -0.450 e. The van der Waals surface area contributed by atoms with Gasteiger partial charge in [-0.3, -0.25) is 19.5 Å². The molecule has 8 nitrogen and oxygen atoms in total. The maximum absolute atomic E-state index is 12.9. The first-order valence-corrected chi connectivity index (χ1v) is 9.06. The van der Waals surface area contributed by atoms with Crippen LogP contribution in [0.15, 0.2) is 34.2 Å². The molecule has 1 heterocycles. The number of imide groups is 1. The average molecular weight is 379 g/mol. The molecule has 0 unspecified atom stereocenters. The molecule has 0 fully saturated rings. The molecule has 0 saturated heterocycles. The lowest BCUT2D eigenvalue weighted by Crippen LogP contribution is -2.33. The minimum atomic E-state index is -0.797. The van der Waals surface area contributed by atoms with Crippen molar-refractivity contribution in [1.82, 2.24) is 14.9 Å². The Kier molecular flexibility index (Phi) is 7.16. The van der Waals surface area contributed by atoms with Crippen LogP contribution in [-0.2, 0) is 14.3 Å². The predicted octanol–water partition coefficient (Wildman–Crippen LogP) is 1.97. The van der Waals surface area contributed by atoms with Gasteiger partial charge in [0.1, 0.15) is 0 Å². The van der Waals surface area contributed by atoms with Crippen molar-refractivity contribution in [3.05, 3.63) is 34.6 Å². The summed E-state index contributed by atoms with van der Waals surface area (Å²) in [5, 5.41) is 3.00. The fourth-order valence-corrected chi connectivity index (χ4v) is 3.28. The molecule has 0 aliphatic heterocycles. The number of thioether (sulfide) groups is 1. The Balaban J connectivity index is 2.29. The van der Waals surface area contributed by atoms with Gasteiger partial charge in [0.15, 0.2) is 5.16 Å². The summed E-state index contributed by atoms with van der Waals surface area (Å²) in [5.74, 6) is -0.606. The van der Waals surface area contributed by atoms with Crippen LogP contribution in [0.4, 0.5) is 4.79 Å². The predicted molar refractivity (Wildman–Crippen MR) is 98.5 cm³/mol. The SMILES string of the molecule is CCOC(=O)NC(=O)CSc1nc2ccccc2c(=O)n1[C@H](C)COC. The molecule has 0 aliphatic carbocycles. The molecule has 0 radical (unpaired) electrons. The lowest BCUT2D eigenvalue weighted by Gasteiger charge is -2.18. The van der Waals surface area contributed by atoms with E-state index in [9.17, 15) is 14.4 Å². The Bertz CT molecular complexity index is 852. The summed E-state index contributed by atoms with van der Waals surface area (Å²) in [7, 11) is 1.55. The van der Waals surface area contributed by atoms with E-state index in [4.69, 9.17) is 4.74 Å². The number of nitrogens with one attached hydrogen (secondary N) is 1. The van der Waals surface area contributed by atoms with Gasteiger partial charge < -0.3 is 9.47 Å². The number of fused-ring (bicyclic) bond motifs is 1. The summed E-state index contributed by atoms with van der Waals surface area (Å²) in [4.78, 5) is 40.5. The van der Waals surface area contributed by atoms with Crippen molar-refractivity contribution in [2.75, 3.05) is 26.1 Å². The summed E-state index contributed by atoms with van der Waals surface area (Å²) >= 11 is 1.07. The number of nitrogens with zero attached hydrogens (tertiary/aromatic N) is 2. The molecule has 2 rings (SSSR count). The van der Waals surface area contributed by atoms with Gasteiger partial charge in [0.25, 0.3) is 5.56 Å². The third kappa shape index (κ3) is 4.83. The zero-order valence-corrected chi connectivity index (χ0v) is 15.7. The van der Waals surface area contributed by atoms with Crippen molar-refractivity contribution >= 4 is 34.7 Å². The number of ether oxygens (including phenoxy) is 2. The second kappa shape index (κ2) is 9.35. The van der Waals surface area contributed by atoms with Crippen LogP contribution in [0.3, 0.4) is 0 Å². The van der Waals surface area contributed by atoms with Gasteiger partial charge in [-0.05, 0) is 26.0 Å². The number of para-hydroxylation sites is 1. The normalized spacial score (nSPS) is 12.0. The molecule has 1 aromatic carbocycles. The Hall–Kier alpha value is -2.39. The largest absolute Gasteiger partial charge is 0.450 e. The molecule has 2 aromatic rings. The first kappa shape index (κ1) is 19.9. The number of aromatic nitrogens is 2. The lowest BCUT2D eigenvalue weighted by molar-refractivity contribution is -0.117. The van der Waals surface area contributed by atoms with Gasteiger partial charge in [0, 0.05) is 7.11 Å². The van der Waals surface area contributed by atoms with Crippen molar-refractivity contribution in [1.29, 1.82) is 0 Å². The third-order valence-electron chi connectivity index (χ3n) is 3.47. The molecular formula is C17H21N3O5S. The molecule has 26 heavy (non-hydrogen) atoms. The first-order valence-electron chi connectivity index (χ1n) is 8.07. The molecule has 1 aromatic heterocycles. The summed E-state index contributed by atoms with van der Waals surface area (Å²) < 4.78 is 11.3. The highest BCUT2D eigenvalue weighted by atomic mass is 32.2. The van der Waals surface area contributed by atoms with Crippen molar-refractivity contribution in [3.63, 3.8) is 0 Å². The van der Waals surface area contributed by atoms with E-state index in [0.717, 1.165) is 11.8 Å². The summed E-state index contributed by atoms with van der Waals surface area (Å²) in [6, 6.07) is 6.75. The van der Waals surface area contributed by atoms with E-state index in [1.165, 1.54) is 4.57 Å². The molecule has 0 spiro atoms. The number of benzene rings is 1. The zero-order valence-electron chi connectivity index (χ0n) is 14.9. The van der Waals surface area contributed by atoms with E-state index in [1.807, 2.05) is 6.92 Å². The fourth-order valence-electron chi connectivity index (χ4n) is 2.38. The molecule has 9 heteroatoms. The highest BCUT2D eigenvalue weighted by molar-refractivity contribution is 7.99. The van der Waals surface area contributed by atoms with E-state index in [2.05, 4.69) is 15.0 Å². The zero-order chi connectivity index (χ0) is 19.1. The minimum absolute atomic E-state index is 0.0801. The van der Waals surface area contributed by atoms with Crippen molar-refractivity contribution in [2.45, 2.75) is 25.0 Å². The topological polar surface area (TPSA) is 99.5 Å².